The van der Waals surface area contributed by atoms with E-state index in [9.17, 15) is 9.90 Å². The summed E-state index contributed by atoms with van der Waals surface area (Å²) in [6, 6.07) is 3.84. The molecule has 5 rings (SSSR count). The van der Waals surface area contributed by atoms with Gasteiger partial charge < -0.3 is 10.8 Å². The van der Waals surface area contributed by atoms with Gasteiger partial charge in [-0.15, -0.1) is 0 Å². The third-order valence-electron chi connectivity index (χ3n) is 6.14. The summed E-state index contributed by atoms with van der Waals surface area (Å²) in [6.45, 7) is 0. The maximum atomic E-state index is 11.3. The van der Waals surface area contributed by atoms with E-state index >= 15 is 0 Å². The van der Waals surface area contributed by atoms with Crippen LogP contribution in [0.1, 0.15) is 37.3 Å². The van der Waals surface area contributed by atoms with Crippen LogP contribution in [0.2, 0.25) is 0 Å². The number of hydrogen-bond acceptors (Lipinski definition) is 7. The molecule has 0 amide bonds. The van der Waals surface area contributed by atoms with Gasteiger partial charge in [-0.1, -0.05) is 6.07 Å². The van der Waals surface area contributed by atoms with Crippen molar-refractivity contribution in [1.82, 2.24) is 29.5 Å². The van der Waals surface area contributed by atoms with Crippen LogP contribution in [0, 0.1) is 5.92 Å². The second-order valence-corrected chi connectivity index (χ2v) is 8.04. The number of aliphatic carboxylic acids is 1. The summed E-state index contributed by atoms with van der Waals surface area (Å²) in [5.41, 5.74) is 11.3. The summed E-state index contributed by atoms with van der Waals surface area (Å²) in [5, 5.41) is 13.7. The van der Waals surface area contributed by atoms with E-state index in [1.165, 1.54) is 10.8 Å². The highest BCUT2D eigenvalue weighted by Crippen LogP contribution is 2.36. The Morgan fingerprint density at radius 2 is 1.81 bits per heavy atom. The Morgan fingerprint density at radius 3 is 2.47 bits per heavy atom. The van der Waals surface area contributed by atoms with E-state index in [1.807, 2.05) is 12.1 Å². The Balaban J connectivity index is 1.51. The van der Waals surface area contributed by atoms with Crippen LogP contribution < -0.4 is 11.2 Å². The fourth-order valence-corrected chi connectivity index (χ4v) is 4.33. The lowest BCUT2D eigenvalue weighted by molar-refractivity contribution is -0.142. The lowest BCUT2D eigenvalue weighted by Gasteiger charge is -2.27. The van der Waals surface area contributed by atoms with E-state index in [1.54, 1.807) is 24.8 Å². The van der Waals surface area contributed by atoms with Crippen molar-refractivity contribution in [1.29, 1.82) is 0 Å². The number of fused-ring (bicyclic) bond motifs is 1. The van der Waals surface area contributed by atoms with E-state index in [2.05, 4.69) is 20.1 Å². The van der Waals surface area contributed by atoms with E-state index in [0.29, 0.717) is 48.3 Å². The largest absolute Gasteiger partial charge is 0.481 e. The van der Waals surface area contributed by atoms with Gasteiger partial charge in [-0.2, -0.15) is 9.61 Å². The smallest absolute Gasteiger partial charge is 0.306 e. The first-order valence-corrected chi connectivity index (χ1v) is 10.4. The molecule has 4 aromatic heterocycles. The van der Waals surface area contributed by atoms with Crippen molar-refractivity contribution in [3.8, 4) is 22.4 Å². The summed E-state index contributed by atoms with van der Waals surface area (Å²) < 4.78 is 1.54. The third kappa shape index (κ3) is 3.47. The summed E-state index contributed by atoms with van der Waals surface area (Å²) >= 11 is 0. The first-order valence-electron chi connectivity index (χ1n) is 10.4. The van der Waals surface area contributed by atoms with Crippen molar-refractivity contribution >= 4 is 30.7 Å². The fourth-order valence-electron chi connectivity index (χ4n) is 4.33. The predicted octanol–water partition coefficient (Wildman–Crippen LogP) is 1.98. The molecule has 4 heterocycles. The molecule has 9 nitrogen and oxygen atoms in total. The molecule has 158 valence electrons. The van der Waals surface area contributed by atoms with Gasteiger partial charge in [0.2, 0.25) is 0 Å². The second-order valence-electron chi connectivity index (χ2n) is 8.04. The molecule has 0 spiro atoms. The molecule has 10 heteroatoms. The molecule has 1 aliphatic rings. The number of pyridine rings is 1. The van der Waals surface area contributed by atoms with Gasteiger partial charge in [0.05, 0.1) is 17.8 Å². The minimum absolute atomic E-state index is 0.0687. The van der Waals surface area contributed by atoms with Gasteiger partial charge in [-0.3, -0.25) is 9.78 Å². The van der Waals surface area contributed by atoms with Crippen molar-refractivity contribution in [3.63, 3.8) is 0 Å². The zero-order chi connectivity index (χ0) is 22.2. The molecule has 32 heavy (non-hydrogen) atoms. The molecule has 0 atom stereocenters. The zero-order valence-corrected chi connectivity index (χ0v) is 17.2. The molecule has 0 aromatic carbocycles. The lowest BCUT2D eigenvalue weighted by atomic mass is 9.77. The van der Waals surface area contributed by atoms with Crippen LogP contribution >= 0.6 is 0 Å². The van der Waals surface area contributed by atoms with Gasteiger partial charge in [-0.25, -0.2) is 15.0 Å². The Kier molecular flexibility index (Phi) is 5.04. The number of nitrogens with zero attached hydrogens (tertiary/aromatic N) is 6. The normalized spacial score (nSPS) is 18.6. The highest BCUT2D eigenvalue weighted by molar-refractivity contribution is 6.36. The van der Waals surface area contributed by atoms with Gasteiger partial charge in [0.1, 0.15) is 20.0 Å². The molecule has 4 aromatic rings. The molecule has 0 saturated heterocycles. The molecule has 3 N–H and O–H groups in total. The SMILES string of the molecule is [B]c1c(C2CCC(C(=O)O)CC2)nc2c(-c3ccc(-c4cncnc4)nc3)cnn2c1N. The van der Waals surface area contributed by atoms with Crippen molar-refractivity contribution < 1.29 is 9.90 Å². The summed E-state index contributed by atoms with van der Waals surface area (Å²) in [7, 11) is 6.32. The molecule has 2 radical (unpaired) electrons. The highest BCUT2D eigenvalue weighted by Gasteiger charge is 2.29. The Hall–Kier alpha value is -3.82. The van der Waals surface area contributed by atoms with Crippen LogP contribution in [0.3, 0.4) is 0 Å². The molecule has 1 fully saturated rings. The van der Waals surface area contributed by atoms with Gasteiger partial charge in [-0.05, 0) is 37.2 Å². The maximum absolute atomic E-state index is 11.3. The zero-order valence-electron chi connectivity index (χ0n) is 17.2. The van der Waals surface area contributed by atoms with E-state index < -0.39 is 5.97 Å². The van der Waals surface area contributed by atoms with Gasteiger partial charge in [0.25, 0.3) is 0 Å². The van der Waals surface area contributed by atoms with Crippen molar-refractivity contribution in [2.75, 3.05) is 5.73 Å². The number of nitrogens with two attached hydrogens (primary N) is 1. The number of carbonyl (C=O) groups is 1. The molecule has 0 aliphatic heterocycles. The number of carboxylic acid groups (broad SMARTS) is 1. The highest BCUT2D eigenvalue weighted by atomic mass is 16.4. The standard InChI is InChI=1S/C22H20BN7O2/c23-18-19(12-1-3-13(4-2-12)22(31)32)29-21-16(10-28-30(21)20(18)24)14-5-6-17(27-9-14)15-7-25-11-26-8-15/h5-13H,1-4,24H2,(H,31,32). The average molecular weight is 425 g/mol. The lowest BCUT2D eigenvalue weighted by Crippen LogP contribution is -2.28. The van der Waals surface area contributed by atoms with Crippen LogP contribution in [0.15, 0.2) is 43.2 Å². The number of nitrogen functional groups attached to an aromatic ring is 1. The third-order valence-corrected chi connectivity index (χ3v) is 6.14. The first-order chi connectivity index (χ1) is 15.5. The monoisotopic (exact) mass is 425 g/mol. The molecular weight excluding hydrogens is 405 g/mol. The van der Waals surface area contributed by atoms with Crippen LogP contribution in [-0.2, 0) is 4.79 Å². The number of carboxylic acids is 1. The Labute approximate surface area is 185 Å². The fraction of sp³-hybridized carbons (Fsp3) is 0.273. The number of rotatable bonds is 4. The van der Waals surface area contributed by atoms with Crippen LogP contribution in [0.25, 0.3) is 28.0 Å². The molecular formula is C22H20BN7O2. The molecule has 1 aliphatic carbocycles. The summed E-state index contributed by atoms with van der Waals surface area (Å²) in [5.74, 6) is -0.643. The van der Waals surface area contributed by atoms with E-state index in [4.69, 9.17) is 18.6 Å². The molecule has 0 unspecified atom stereocenters. The average Bonchev–Trinajstić information content (AvgIpc) is 3.26. The predicted molar refractivity (Wildman–Crippen MR) is 119 cm³/mol. The number of aromatic nitrogens is 6. The minimum atomic E-state index is -0.740. The second kappa shape index (κ2) is 8.03. The maximum Gasteiger partial charge on any atom is 0.306 e. The number of hydrogen-bond donors (Lipinski definition) is 2. The minimum Gasteiger partial charge on any atom is -0.481 e. The van der Waals surface area contributed by atoms with Crippen molar-refractivity contribution in [2.24, 2.45) is 5.92 Å². The van der Waals surface area contributed by atoms with Gasteiger partial charge in [0.15, 0.2) is 5.65 Å². The first kappa shape index (κ1) is 20.1. The topological polar surface area (TPSA) is 132 Å². The van der Waals surface area contributed by atoms with Gasteiger partial charge in [0, 0.05) is 46.9 Å². The molecule has 0 bridgehead atoms. The quantitative estimate of drug-likeness (QED) is 0.475. The van der Waals surface area contributed by atoms with Crippen LogP contribution in [0.5, 0.6) is 0 Å². The van der Waals surface area contributed by atoms with Crippen LogP contribution in [0.4, 0.5) is 5.82 Å². The van der Waals surface area contributed by atoms with E-state index in [0.717, 1.165) is 22.4 Å². The number of anilines is 1. The van der Waals surface area contributed by atoms with E-state index in [-0.39, 0.29) is 11.8 Å². The Morgan fingerprint density at radius 1 is 1.06 bits per heavy atom. The summed E-state index contributed by atoms with van der Waals surface area (Å²) in [6.07, 6.45) is 11.0. The Bertz CT molecular complexity index is 1280. The van der Waals surface area contributed by atoms with Gasteiger partial charge >= 0.3 is 5.97 Å². The van der Waals surface area contributed by atoms with Crippen LogP contribution in [-0.4, -0.2) is 48.5 Å². The van der Waals surface area contributed by atoms with Crippen molar-refractivity contribution in [2.45, 2.75) is 31.6 Å². The van der Waals surface area contributed by atoms with Crippen molar-refractivity contribution in [3.05, 3.63) is 48.9 Å². The molecule has 1 saturated carbocycles. The summed E-state index contributed by atoms with van der Waals surface area (Å²) in [4.78, 5) is 28.7.